The van der Waals surface area contributed by atoms with Gasteiger partial charge in [0.2, 0.25) is 0 Å². The first kappa shape index (κ1) is 13.5. The van der Waals surface area contributed by atoms with Gasteiger partial charge >= 0.3 is 0 Å². The average Bonchev–Trinajstić information content (AvgIpc) is 3.22. The normalized spacial score (nSPS) is 11.0. The molecule has 0 spiro atoms. The van der Waals surface area contributed by atoms with Gasteiger partial charge in [0.1, 0.15) is 5.52 Å². The van der Waals surface area contributed by atoms with Crippen LogP contribution in [0.25, 0.3) is 11.2 Å². The van der Waals surface area contributed by atoms with Gasteiger partial charge in [-0.1, -0.05) is 12.1 Å². The minimum Gasteiger partial charge on any atom is -0.364 e. The Balaban J connectivity index is 1.52. The molecule has 6 nitrogen and oxygen atoms in total. The first-order chi connectivity index (χ1) is 11.3. The number of anilines is 1. The maximum absolute atomic E-state index is 4.41. The zero-order chi connectivity index (χ0) is 15.6. The number of hydrogen-bond acceptors (Lipinski definition) is 4. The number of nitrogens with one attached hydrogen (secondary N) is 1. The molecule has 0 bridgehead atoms. The van der Waals surface area contributed by atoms with Crippen molar-refractivity contribution in [2.75, 3.05) is 5.32 Å². The Kier molecular flexibility index (Phi) is 3.27. The predicted molar refractivity (Wildman–Crippen MR) is 88.6 cm³/mol. The number of fused-ring (bicyclic) bond motifs is 1. The van der Waals surface area contributed by atoms with E-state index < -0.39 is 0 Å². The number of nitrogens with zero attached hydrogens (tertiary/aromatic N) is 5. The van der Waals surface area contributed by atoms with Crippen LogP contribution in [0.3, 0.4) is 0 Å². The van der Waals surface area contributed by atoms with Crippen molar-refractivity contribution in [3.05, 3.63) is 72.4 Å². The van der Waals surface area contributed by atoms with Crippen molar-refractivity contribution in [2.24, 2.45) is 0 Å². The van der Waals surface area contributed by atoms with Crippen LogP contribution in [0.2, 0.25) is 0 Å². The molecule has 1 N–H and O–H groups in total. The molecule has 4 rings (SSSR count). The number of hydrogen-bond donors (Lipinski definition) is 1. The molecule has 0 unspecified atom stereocenters. The van der Waals surface area contributed by atoms with E-state index in [-0.39, 0.29) is 0 Å². The zero-order valence-corrected chi connectivity index (χ0v) is 12.7. The highest BCUT2D eigenvalue weighted by molar-refractivity contribution is 5.67. The van der Waals surface area contributed by atoms with E-state index in [1.165, 1.54) is 5.56 Å². The van der Waals surface area contributed by atoms with Gasteiger partial charge in [-0.05, 0) is 36.8 Å². The number of rotatable bonds is 4. The van der Waals surface area contributed by atoms with Crippen LogP contribution in [0.5, 0.6) is 0 Å². The van der Waals surface area contributed by atoms with Crippen molar-refractivity contribution in [3.63, 3.8) is 0 Å². The summed E-state index contributed by atoms with van der Waals surface area (Å²) in [6.45, 7) is 2.68. The third kappa shape index (κ3) is 2.66. The van der Waals surface area contributed by atoms with Gasteiger partial charge in [-0.15, -0.1) is 0 Å². The summed E-state index contributed by atoms with van der Waals surface area (Å²) >= 11 is 0. The summed E-state index contributed by atoms with van der Waals surface area (Å²) in [4.78, 5) is 4.41. The van der Waals surface area contributed by atoms with Gasteiger partial charge in [-0.3, -0.25) is 0 Å². The van der Waals surface area contributed by atoms with Crippen molar-refractivity contribution >= 4 is 11.3 Å². The first-order valence-corrected chi connectivity index (χ1v) is 7.43. The second-order valence-corrected chi connectivity index (χ2v) is 5.36. The molecule has 114 valence electrons. The van der Waals surface area contributed by atoms with Crippen molar-refractivity contribution in [1.29, 1.82) is 0 Å². The van der Waals surface area contributed by atoms with Gasteiger partial charge in [0.05, 0.1) is 11.4 Å². The number of aryl methyl sites for hydroxylation is 1. The quantitative estimate of drug-likeness (QED) is 0.630. The Bertz CT molecular complexity index is 922. The minimum atomic E-state index is 0.705. The van der Waals surface area contributed by atoms with E-state index in [0.717, 1.165) is 22.7 Å². The molecule has 0 atom stereocenters. The molecular weight excluding hydrogens is 288 g/mol. The fourth-order valence-corrected chi connectivity index (χ4v) is 2.55. The Morgan fingerprint density at radius 3 is 2.74 bits per heavy atom. The lowest BCUT2D eigenvalue weighted by Gasteiger charge is -2.08. The van der Waals surface area contributed by atoms with Crippen LogP contribution in [0.15, 0.2) is 61.2 Å². The van der Waals surface area contributed by atoms with E-state index in [2.05, 4.69) is 44.8 Å². The highest BCUT2D eigenvalue weighted by Crippen LogP contribution is 2.16. The average molecular weight is 304 g/mol. The molecule has 3 heterocycles. The highest BCUT2D eigenvalue weighted by Gasteiger charge is 2.05. The summed E-state index contributed by atoms with van der Waals surface area (Å²) in [5, 5.41) is 12.0. The molecule has 0 radical (unpaired) electrons. The largest absolute Gasteiger partial charge is 0.364 e. The van der Waals surface area contributed by atoms with E-state index in [4.69, 9.17) is 0 Å². The van der Waals surface area contributed by atoms with Gasteiger partial charge in [0.25, 0.3) is 0 Å². The molecule has 0 saturated heterocycles. The number of aromatic nitrogens is 5. The predicted octanol–water partition coefficient (Wildman–Crippen LogP) is 2.84. The van der Waals surface area contributed by atoms with Gasteiger partial charge in [0, 0.05) is 31.3 Å². The van der Waals surface area contributed by atoms with Gasteiger partial charge in [0.15, 0.2) is 5.82 Å². The van der Waals surface area contributed by atoms with E-state index in [1.54, 1.807) is 12.4 Å². The number of benzene rings is 1. The van der Waals surface area contributed by atoms with Crippen LogP contribution >= 0.6 is 0 Å². The third-order valence-corrected chi connectivity index (χ3v) is 3.68. The Morgan fingerprint density at radius 1 is 1.09 bits per heavy atom. The summed E-state index contributed by atoms with van der Waals surface area (Å²) in [6.07, 6.45) is 7.31. The van der Waals surface area contributed by atoms with Crippen LogP contribution < -0.4 is 5.32 Å². The molecule has 0 saturated carbocycles. The third-order valence-electron chi connectivity index (χ3n) is 3.68. The second kappa shape index (κ2) is 5.57. The fourth-order valence-electron chi connectivity index (χ4n) is 2.55. The summed E-state index contributed by atoms with van der Waals surface area (Å²) in [5.41, 5.74) is 4.19. The van der Waals surface area contributed by atoms with Gasteiger partial charge in [-0.25, -0.2) is 14.2 Å². The van der Waals surface area contributed by atoms with Gasteiger partial charge in [-0.2, -0.15) is 10.2 Å². The van der Waals surface area contributed by atoms with Gasteiger partial charge < -0.3 is 5.32 Å². The summed E-state index contributed by atoms with van der Waals surface area (Å²) < 4.78 is 3.68. The monoisotopic (exact) mass is 304 g/mol. The molecule has 1 aromatic carbocycles. The molecule has 4 aromatic rings. The zero-order valence-electron chi connectivity index (χ0n) is 12.7. The van der Waals surface area contributed by atoms with Crippen molar-refractivity contribution < 1.29 is 0 Å². The smallest absolute Gasteiger partial charge is 0.152 e. The molecule has 0 fully saturated rings. The molecule has 23 heavy (non-hydrogen) atoms. The lowest BCUT2D eigenvalue weighted by atomic mass is 10.2. The van der Waals surface area contributed by atoms with E-state index in [1.807, 2.05) is 40.6 Å². The minimum absolute atomic E-state index is 0.705. The van der Waals surface area contributed by atoms with E-state index >= 15 is 0 Å². The second-order valence-electron chi connectivity index (χ2n) is 5.36. The lowest BCUT2D eigenvalue weighted by Crippen LogP contribution is -2.04. The van der Waals surface area contributed by atoms with Crippen LogP contribution in [0.1, 0.15) is 11.3 Å². The highest BCUT2D eigenvalue weighted by atomic mass is 15.3. The van der Waals surface area contributed by atoms with Crippen LogP contribution in [-0.4, -0.2) is 24.4 Å². The Morgan fingerprint density at radius 2 is 1.96 bits per heavy atom. The molecule has 3 aromatic heterocycles. The Labute approximate surface area is 133 Å². The van der Waals surface area contributed by atoms with Crippen molar-refractivity contribution in [2.45, 2.75) is 13.5 Å². The van der Waals surface area contributed by atoms with E-state index in [0.29, 0.717) is 6.54 Å². The van der Waals surface area contributed by atoms with Crippen LogP contribution in [-0.2, 0) is 6.54 Å². The lowest BCUT2D eigenvalue weighted by molar-refractivity contribution is 0.879. The maximum Gasteiger partial charge on any atom is 0.152 e. The Hall–Kier alpha value is -3.15. The van der Waals surface area contributed by atoms with Crippen molar-refractivity contribution in [1.82, 2.24) is 24.4 Å². The topological polar surface area (TPSA) is 60.0 Å². The summed E-state index contributed by atoms with van der Waals surface area (Å²) in [7, 11) is 0. The van der Waals surface area contributed by atoms with Crippen molar-refractivity contribution in [3.8, 4) is 5.69 Å². The maximum atomic E-state index is 4.41. The first-order valence-electron chi connectivity index (χ1n) is 7.43. The molecule has 6 heteroatoms. The van der Waals surface area contributed by atoms with E-state index in [9.17, 15) is 0 Å². The van der Waals surface area contributed by atoms with Crippen LogP contribution in [0, 0.1) is 6.92 Å². The summed E-state index contributed by atoms with van der Waals surface area (Å²) in [6, 6.07) is 12.2. The fraction of sp³-hybridized carbons (Fsp3) is 0.118. The molecule has 0 aliphatic carbocycles. The molecular formula is C17H16N6. The SMILES string of the molecule is Cc1cc2c(NCc3ccc(-n4cccn4)cc3)nccn2n1. The summed E-state index contributed by atoms with van der Waals surface area (Å²) in [5.74, 6) is 0.837. The van der Waals surface area contributed by atoms with Crippen LogP contribution in [0.4, 0.5) is 5.82 Å². The molecule has 0 amide bonds. The molecule has 0 aliphatic rings. The molecule has 0 aliphatic heterocycles. The standard InChI is InChI=1S/C17H16N6/c1-13-11-16-17(18-8-10-23(16)21-13)19-12-14-3-5-15(6-4-14)22-9-2-7-20-22/h2-11H,12H2,1H3,(H,18,19).